The van der Waals surface area contributed by atoms with Crippen molar-refractivity contribution in [2.24, 2.45) is 40.9 Å². The second-order valence-corrected chi connectivity index (χ2v) is 17.2. The number of ether oxygens (including phenoxy) is 2. The fraction of sp³-hybridized carbons (Fsp3) is 0.780. The van der Waals surface area contributed by atoms with E-state index in [2.05, 4.69) is 0 Å². The van der Waals surface area contributed by atoms with Gasteiger partial charge in [0.25, 0.3) is 0 Å². The van der Waals surface area contributed by atoms with Crippen LogP contribution in [0.15, 0.2) is 22.8 Å². The molecule has 0 aromatic carbocycles. The van der Waals surface area contributed by atoms with Crippen LogP contribution in [-0.2, 0) is 33.4 Å². The van der Waals surface area contributed by atoms with E-state index >= 15 is 0 Å². The van der Waals surface area contributed by atoms with Gasteiger partial charge in [0, 0.05) is 55.8 Å². The molecule has 4 rings (SSSR count). The number of carbonyl (C=O) groups is 5. The monoisotopic (exact) mass is 698 g/mol. The maximum atomic E-state index is 14.7. The van der Waals surface area contributed by atoms with Gasteiger partial charge in [-0.3, -0.25) is 24.0 Å². The van der Waals surface area contributed by atoms with Gasteiger partial charge in [0.2, 0.25) is 0 Å². The van der Waals surface area contributed by atoms with Crippen molar-refractivity contribution in [3.8, 4) is 0 Å². The zero-order valence-corrected chi connectivity index (χ0v) is 31.9. The molecule has 2 N–H and O–H groups in total. The van der Waals surface area contributed by atoms with Gasteiger partial charge in [-0.15, -0.1) is 0 Å². The summed E-state index contributed by atoms with van der Waals surface area (Å²) >= 11 is 0. The van der Waals surface area contributed by atoms with Crippen molar-refractivity contribution in [2.75, 3.05) is 7.11 Å². The molecule has 1 saturated carbocycles. The Morgan fingerprint density at radius 3 is 2.26 bits per heavy atom. The van der Waals surface area contributed by atoms with Gasteiger partial charge in [0.15, 0.2) is 5.78 Å². The molecule has 2 fully saturated rings. The molecule has 9 nitrogen and oxygen atoms in total. The number of fused-ring (bicyclic) bond motifs is 6. The zero-order chi connectivity index (χ0) is 37.3. The minimum Gasteiger partial charge on any atom is -0.469 e. The first-order valence-corrected chi connectivity index (χ1v) is 18.9. The van der Waals surface area contributed by atoms with Crippen LogP contribution in [-0.4, -0.2) is 69.8 Å². The molecular formula is C41H62O9. The highest BCUT2D eigenvalue weighted by atomic mass is 16.5. The molecule has 0 aromatic heterocycles. The van der Waals surface area contributed by atoms with E-state index in [1.165, 1.54) is 14.0 Å². The largest absolute Gasteiger partial charge is 0.469 e. The molecular weight excluding hydrogens is 636 g/mol. The number of aliphatic hydroxyl groups is 2. The number of rotatable bonds is 2. The van der Waals surface area contributed by atoms with Crippen molar-refractivity contribution >= 4 is 29.1 Å². The summed E-state index contributed by atoms with van der Waals surface area (Å²) in [7, 11) is 1.29. The number of allylic oxidation sites excluding steroid dienone is 3. The van der Waals surface area contributed by atoms with Crippen LogP contribution in [0, 0.1) is 40.9 Å². The van der Waals surface area contributed by atoms with Crippen LogP contribution in [0.5, 0.6) is 0 Å². The molecule has 0 spiro atoms. The molecule has 9 heteroatoms. The first kappa shape index (κ1) is 40.3. The molecule has 0 aromatic rings. The summed E-state index contributed by atoms with van der Waals surface area (Å²) in [5.41, 5.74) is -2.15. The van der Waals surface area contributed by atoms with Gasteiger partial charge in [-0.2, -0.15) is 0 Å². The third kappa shape index (κ3) is 8.25. The molecule has 50 heavy (non-hydrogen) atoms. The Labute approximate surface area is 299 Å². The van der Waals surface area contributed by atoms with Crippen LogP contribution >= 0.6 is 0 Å². The predicted octanol–water partition coefficient (Wildman–Crippen LogP) is 6.45. The summed E-state index contributed by atoms with van der Waals surface area (Å²) in [5, 5.41) is 22.8. The predicted molar refractivity (Wildman–Crippen MR) is 190 cm³/mol. The highest BCUT2D eigenvalue weighted by Gasteiger charge is 2.61. The van der Waals surface area contributed by atoms with Crippen LogP contribution < -0.4 is 0 Å². The SMILES string of the molecule is COC(=O)C12CC(=O)C(C(C)C)CC(=O)C(C)CCCC(C)CC(=O)C1CC(C)=C1C3CC(C)(O)C(CCC(C)(O)C(=O)CCC(C)=CC12)O3. The summed E-state index contributed by atoms with van der Waals surface area (Å²) in [6.07, 6.45) is 4.00. The molecule has 0 amide bonds. The fourth-order valence-corrected chi connectivity index (χ4v) is 9.29. The van der Waals surface area contributed by atoms with E-state index in [1.54, 1.807) is 6.92 Å². The zero-order valence-electron chi connectivity index (χ0n) is 31.9. The second-order valence-electron chi connectivity index (χ2n) is 17.2. The van der Waals surface area contributed by atoms with E-state index in [0.29, 0.717) is 12.8 Å². The molecule has 0 radical (unpaired) electrons. The van der Waals surface area contributed by atoms with E-state index in [4.69, 9.17) is 9.47 Å². The summed E-state index contributed by atoms with van der Waals surface area (Å²) < 4.78 is 12.2. The van der Waals surface area contributed by atoms with Crippen molar-refractivity contribution < 1.29 is 43.7 Å². The normalized spacial score (nSPS) is 40.2. The number of hydrogen-bond acceptors (Lipinski definition) is 9. The van der Waals surface area contributed by atoms with Gasteiger partial charge < -0.3 is 19.7 Å². The Morgan fingerprint density at radius 1 is 0.940 bits per heavy atom. The van der Waals surface area contributed by atoms with Crippen LogP contribution in [0.25, 0.3) is 0 Å². The highest BCUT2D eigenvalue weighted by molar-refractivity contribution is 5.97. The molecule has 10 unspecified atom stereocenters. The van der Waals surface area contributed by atoms with E-state index in [9.17, 15) is 34.2 Å². The van der Waals surface area contributed by atoms with Gasteiger partial charge in [0.1, 0.15) is 23.0 Å². The van der Waals surface area contributed by atoms with Gasteiger partial charge in [0.05, 0.1) is 30.3 Å². The number of esters is 1. The average Bonchev–Trinajstić information content (AvgIpc) is 3.33. The summed E-state index contributed by atoms with van der Waals surface area (Å²) in [5.74, 6) is -4.00. The first-order valence-electron chi connectivity index (χ1n) is 18.9. The molecule has 2 bridgehead atoms. The Hall–Kier alpha value is -2.49. The fourth-order valence-electron chi connectivity index (χ4n) is 9.29. The number of hydrogen-bond donors (Lipinski definition) is 2. The van der Waals surface area contributed by atoms with Crippen molar-refractivity contribution in [2.45, 2.75) is 156 Å². The molecule has 10 atom stereocenters. The van der Waals surface area contributed by atoms with E-state index < -0.39 is 52.5 Å². The van der Waals surface area contributed by atoms with Crippen molar-refractivity contribution in [1.29, 1.82) is 0 Å². The lowest BCUT2D eigenvalue weighted by molar-refractivity contribution is -0.167. The lowest BCUT2D eigenvalue weighted by Gasteiger charge is -2.49. The van der Waals surface area contributed by atoms with Gasteiger partial charge in [-0.25, -0.2) is 0 Å². The van der Waals surface area contributed by atoms with Crippen molar-refractivity contribution in [1.82, 2.24) is 0 Å². The van der Waals surface area contributed by atoms with Crippen molar-refractivity contribution in [3.05, 3.63) is 22.8 Å². The number of carbonyl (C=O) groups excluding carboxylic acids is 5. The molecule has 2 heterocycles. The summed E-state index contributed by atoms with van der Waals surface area (Å²) in [4.78, 5) is 70.8. The third-order valence-corrected chi connectivity index (χ3v) is 12.7. The Bertz CT molecular complexity index is 1400. The molecule has 280 valence electrons. The summed E-state index contributed by atoms with van der Waals surface area (Å²) in [6.45, 7) is 14.8. The summed E-state index contributed by atoms with van der Waals surface area (Å²) in [6, 6.07) is 0. The lowest BCUT2D eigenvalue weighted by Crippen LogP contribution is -2.54. The van der Waals surface area contributed by atoms with E-state index in [0.717, 1.165) is 29.6 Å². The number of methoxy groups -OCH3 is 1. The Morgan fingerprint density at radius 2 is 1.62 bits per heavy atom. The minimum atomic E-state index is -1.65. The van der Waals surface area contributed by atoms with Crippen LogP contribution in [0.1, 0.15) is 132 Å². The molecule has 2 aliphatic heterocycles. The van der Waals surface area contributed by atoms with Crippen LogP contribution in [0.3, 0.4) is 0 Å². The highest BCUT2D eigenvalue weighted by Crippen LogP contribution is 2.57. The molecule has 1 saturated heterocycles. The van der Waals surface area contributed by atoms with E-state index in [1.807, 2.05) is 47.6 Å². The third-order valence-electron chi connectivity index (χ3n) is 12.7. The Kier molecular flexibility index (Phi) is 12.6. The van der Waals surface area contributed by atoms with Gasteiger partial charge >= 0.3 is 5.97 Å². The number of ketones is 4. The maximum Gasteiger partial charge on any atom is 0.313 e. The van der Waals surface area contributed by atoms with Crippen LogP contribution in [0.4, 0.5) is 0 Å². The van der Waals surface area contributed by atoms with Gasteiger partial charge in [-0.05, 0) is 77.2 Å². The second kappa shape index (κ2) is 15.6. The van der Waals surface area contributed by atoms with E-state index in [-0.39, 0.29) is 92.3 Å². The number of Topliss-reactive ketones (excluding diaryl/α,β-unsaturated/α-hetero) is 4. The first-order chi connectivity index (χ1) is 23.2. The lowest BCUT2D eigenvalue weighted by atomic mass is 9.53. The van der Waals surface area contributed by atoms with Crippen molar-refractivity contribution in [3.63, 3.8) is 0 Å². The van der Waals surface area contributed by atoms with Crippen LogP contribution in [0.2, 0.25) is 0 Å². The van der Waals surface area contributed by atoms with Gasteiger partial charge in [-0.1, -0.05) is 57.8 Å². The topological polar surface area (TPSA) is 144 Å². The smallest absolute Gasteiger partial charge is 0.313 e. The quantitative estimate of drug-likeness (QED) is 0.246. The molecule has 2 aliphatic carbocycles. The average molecular weight is 699 g/mol. The minimum absolute atomic E-state index is 0.0121. The standard InChI is InChI=1S/C41H62O9/c1-23(2)28-20-31(42)26(5)12-10-11-24(3)18-32(43)29-19-27(6)37-30(41(29,21-33(28)44)38(46)49-9)17-25(4)13-14-35(45)39(7,47)16-15-36-40(8,48)22-34(37)50-36/h17,23-24,26,28-30,34,36,47-48H,10-16,18-22H2,1-9H3. The maximum absolute atomic E-state index is 14.7. The molecule has 4 aliphatic rings. The Balaban J connectivity index is 2.00.